The molecule has 1 fully saturated rings. The molecule has 3 heterocycles. The van der Waals surface area contributed by atoms with Crippen molar-refractivity contribution < 1.29 is 8.42 Å². The van der Waals surface area contributed by atoms with Gasteiger partial charge < -0.3 is 10.2 Å². The van der Waals surface area contributed by atoms with Crippen LogP contribution < -0.4 is 10.2 Å². The molecule has 1 saturated heterocycles. The summed E-state index contributed by atoms with van der Waals surface area (Å²) in [5.41, 5.74) is 2.46. The van der Waals surface area contributed by atoms with Crippen molar-refractivity contribution in [3.05, 3.63) is 54.4 Å². The minimum Gasteiger partial charge on any atom is -0.366 e. The average molecular weight is 367 g/mol. The van der Waals surface area contributed by atoms with Gasteiger partial charge in [-0.2, -0.15) is 5.26 Å². The number of hydrogen-bond acceptors (Lipinski definition) is 6. The van der Waals surface area contributed by atoms with Crippen LogP contribution in [0.15, 0.2) is 53.7 Å². The first-order valence-electron chi connectivity index (χ1n) is 8.29. The Morgan fingerprint density at radius 1 is 1.12 bits per heavy atom. The van der Waals surface area contributed by atoms with Crippen LogP contribution in [0.1, 0.15) is 5.56 Å². The maximum Gasteiger partial charge on any atom is 0.268 e. The van der Waals surface area contributed by atoms with Crippen LogP contribution in [0.4, 0.5) is 5.69 Å². The quantitative estimate of drug-likeness (QED) is 0.755. The van der Waals surface area contributed by atoms with Crippen LogP contribution in [0.2, 0.25) is 0 Å². The predicted molar refractivity (Wildman–Crippen MR) is 98.6 cm³/mol. The number of pyridine rings is 1. The second-order valence-corrected chi connectivity index (χ2v) is 7.87. The van der Waals surface area contributed by atoms with Gasteiger partial charge in [0.1, 0.15) is 5.52 Å². The number of anilines is 1. The summed E-state index contributed by atoms with van der Waals surface area (Å²) < 4.78 is 27.6. The van der Waals surface area contributed by atoms with E-state index in [1.807, 2.05) is 6.07 Å². The molecule has 7 nitrogen and oxygen atoms in total. The lowest BCUT2D eigenvalue weighted by atomic mass is 10.2. The molecular formula is C18H17N5O2S. The number of benzene rings is 1. The molecule has 26 heavy (non-hydrogen) atoms. The van der Waals surface area contributed by atoms with Crippen molar-refractivity contribution in [1.29, 1.82) is 5.26 Å². The van der Waals surface area contributed by atoms with Crippen LogP contribution in [0.3, 0.4) is 0 Å². The highest BCUT2D eigenvalue weighted by molar-refractivity contribution is 7.90. The first-order chi connectivity index (χ1) is 12.6. The van der Waals surface area contributed by atoms with Crippen LogP contribution >= 0.6 is 0 Å². The van der Waals surface area contributed by atoms with Gasteiger partial charge in [-0.3, -0.25) is 4.98 Å². The van der Waals surface area contributed by atoms with E-state index in [2.05, 4.69) is 15.2 Å². The summed E-state index contributed by atoms with van der Waals surface area (Å²) in [6.07, 6.45) is 3.32. The Morgan fingerprint density at radius 3 is 2.54 bits per heavy atom. The Balaban J connectivity index is 1.86. The SMILES string of the molecule is N#Cc1ccc(S(=O)(=O)n2cc(N3CCNCC3)c3ncccc32)cc1. The molecule has 1 aliphatic rings. The van der Waals surface area contributed by atoms with Crippen LogP contribution in [0.25, 0.3) is 11.0 Å². The first kappa shape index (κ1) is 16.6. The van der Waals surface area contributed by atoms with E-state index in [1.165, 1.54) is 28.2 Å². The topological polar surface area (TPSA) is 91.0 Å². The minimum absolute atomic E-state index is 0.143. The standard InChI is InChI=1S/C18H17N5O2S/c19-12-14-3-5-15(6-4-14)26(24,25)23-13-17(22-10-8-20-9-11-22)18-16(23)2-1-7-21-18/h1-7,13,20H,8-11H2. The molecule has 0 aliphatic carbocycles. The maximum atomic E-state index is 13.2. The summed E-state index contributed by atoms with van der Waals surface area (Å²) in [5.74, 6) is 0. The van der Waals surface area contributed by atoms with Gasteiger partial charge >= 0.3 is 0 Å². The lowest BCUT2D eigenvalue weighted by Crippen LogP contribution is -2.43. The van der Waals surface area contributed by atoms with Gasteiger partial charge in [-0.1, -0.05) is 0 Å². The molecule has 3 aromatic rings. The highest BCUT2D eigenvalue weighted by Gasteiger charge is 2.24. The summed E-state index contributed by atoms with van der Waals surface area (Å²) in [6, 6.07) is 11.4. The highest BCUT2D eigenvalue weighted by Crippen LogP contribution is 2.30. The molecule has 0 saturated carbocycles. The van der Waals surface area contributed by atoms with Gasteiger partial charge in [-0.05, 0) is 36.4 Å². The number of rotatable bonds is 3. The molecule has 132 valence electrons. The van der Waals surface area contributed by atoms with Crippen LogP contribution in [0.5, 0.6) is 0 Å². The lowest BCUT2D eigenvalue weighted by Gasteiger charge is -2.28. The number of nitriles is 1. The van der Waals surface area contributed by atoms with E-state index >= 15 is 0 Å². The molecule has 0 bridgehead atoms. The van der Waals surface area contributed by atoms with E-state index in [1.54, 1.807) is 24.5 Å². The zero-order chi connectivity index (χ0) is 18.1. The summed E-state index contributed by atoms with van der Waals surface area (Å²) in [6.45, 7) is 3.29. The molecule has 0 atom stereocenters. The van der Waals surface area contributed by atoms with Gasteiger partial charge in [0.2, 0.25) is 0 Å². The Kier molecular flexibility index (Phi) is 4.11. The number of fused-ring (bicyclic) bond motifs is 1. The molecule has 0 amide bonds. The van der Waals surface area contributed by atoms with Crippen LogP contribution in [-0.4, -0.2) is 43.6 Å². The third-order valence-electron chi connectivity index (χ3n) is 4.50. The normalized spacial score (nSPS) is 15.1. The van der Waals surface area contributed by atoms with Crippen molar-refractivity contribution in [1.82, 2.24) is 14.3 Å². The third kappa shape index (κ3) is 2.71. The molecule has 0 unspecified atom stereocenters. The highest BCUT2D eigenvalue weighted by atomic mass is 32.2. The summed E-state index contributed by atoms with van der Waals surface area (Å²) in [5, 5.41) is 12.2. The van der Waals surface area contributed by atoms with Crippen molar-refractivity contribution in [2.75, 3.05) is 31.1 Å². The second-order valence-electron chi connectivity index (χ2n) is 6.06. The third-order valence-corrected chi connectivity index (χ3v) is 6.19. The van der Waals surface area contributed by atoms with Gasteiger partial charge in [-0.15, -0.1) is 0 Å². The Morgan fingerprint density at radius 2 is 1.85 bits per heavy atom. The number of nitrogens with zero attached hydrogens (tertiary/aromatic N) is 4. The first-order valence-corrected chi connectivity index (χ1v) is 9.73. The van der Waals surface area contributed by atoms with E-state index in [4.69, 9.17) is 5.26 Å². The van der Waals surface area contributed by atoms with Crippen molar-refractivity contribution in [2.45, 2.75) is 4.90 Å². The summed E-state index contributed by atoms with van der Waals surface area (Å²) >= 11 is 0. The minimum atomic E-state index is -3.78. The molecule has 0 spiro atoms. The second kappa shape index (κ2) is 6.44. The van der Waals surface area contributed by atoms with Crippen molar-refractivity contribution in [2.24, 2.45) is 0 Å². The van der Waals surface area contributed by atoms with Gasteiger partial charge in [0.25, 0.3) is 10.0 Å². The summed E-state index contributed by atoms with van der Waals surface area (Å²) in [7, 11) is -3.78. The smallest absolute Gasteiger partial charge is 0.268 e. The van der Waals surface area contributed by atoms with Crippen molar-refractivity contribution in [3.63, 3.8) is 0 Å². The zero-order valence-electron chi connectivity index (χ0n) is 14.0. The Hall–Kier alpha value is -2.89. The Bertz CT molecular complexity index is 1090. The van der Waals surface area contributed by atoms with Crippen LogP contribution in [-0.2, 0) is 10.0 Å². The van der Waals surface area contributed by atoms with Crippen LogP contribution in [0, 0.1) is 11.3 Å². The number of hydrogen-bond donors (Lipinski definition) is 1. The zero-order valence-corrected chi connectivity index (χ0v) is 14.8. The van der Waals surface area contributed by atoms with E-state index in [9.17, 15) is 8.42 Å². The van der Waals surface area contributed by atoms with E-state index in [0.717, 1.165) is 31.9 Å². The summed E-state index contributed by atoms with van der Waals surface area (Å²) in [4.78, 5) is 6.71. The van der Waals surface area contributed by atoms with E-state index < -0.39 is 10.0 Å². The predicted octanol–water partition coefficient (Wildman–Crippen LogP) is 1.55. The van der Waals surface area contributed by atoms with E-state index in [0.29, 0.717) is 16.6 Å². The number of aromatic nitrogens is 2. The van der Waals surface area contributed by atoms with Gasteiger partial charge in [0.15, 0.2) is 0 Å². The molecule has 1 N–H and O–H groups in total. The molecule has 2 aromatic heterocycles. The average Bonchev–Trinajstić information content (AvgIpc) is 3.09. The maximum absolute atomic E-state index is 13.2. The van der Waals surface area contributed by atoms with Gasteiger partial charge in [-0.25, -0.2) is 12.4 Å². The fourth-order valence-corrected chi connectivity index (χ4v) is 4.52. The molecular weight excluding hydrogens is 350 g/mol. The lowest BCUT2D eigenvalue weighted by molar-refractivity contribution is 0.586. The molecule has 4 rings (SSSR count). The number of nitrogens with one attached hydrogen (secondary N) is 1. The van der Waals surface area contributed by atoms with Crippen molar-refractivity contribution >= 4 is 26.7 Å². The van der Waals surface area contributed by atoms with Gasteiger partial charge in [0.05, 0.1) is 27.7 Å². The monoisotopic (exact) mass is 367 g/mol. The fourth-order valence-electron chi connectivity index (χ4n) is 3.16. The molecule has 8 heteroatoms. The van der Waals surface area contributed by atoms with Gasteiger partial charge in [0, 0.05) is 38.6 Å². The Labute approximate surface area is 151 Å². The van der Waals surface area contributed by atoms with Crippen molar-refractivity contribution in [3.8, 4) is 6.07 Å². The molecule has 1 aromatic carbocycles. The molecule has 1 aliphatic heterocycles. The molecule has 0 radical (unpaired) electrons. The number of piperazine rings is 1. The fraction of sp³-hybridized carbons (Fsp3) is 0.222. The largest absolute Gasteiger partial charge is 0.366 e. The van der Waals surface area contributed by atoms with E-state index in [-0.39, 0.29) is 4.90 Å².